The molecule has 3 N–H and O–H groups in total. The van der Waals surface area contributed by atoms with E-state index in [1.165, 1.54) is 6.42 Å². The monoisotopic (exact) mass is 556 g/mol. The van der Waals surface area contributed by atoms with E-state index >= 15 is 0 Å². The van der Waals surface area contributed by atoms with Gasteiger partial charge in [-0.1, -0.05) is 31.4 Å². The van der Waals surface area contributed by atoms with E-state index < -0.39 is 12.8 Å². The van der Waals surface area contributed by atoms with E-state index in [2.05, 4.69) is 20.9 Å². The predicted molar refractivity (Wildman–Crippen MR) is 126 cm³/mol. The van der Waals surface area contributed by atoms with E-state index in [4.69, 9.17) is 4.74 Å². The van der Waals surface area contributed by atoms with Gasteiger partial charge in [0.1, 0.15) is 5.75 Å². The zero-order chi connectivity index (χ0) is 22.0. The van der Waals surface area contributed by atoms with Gasteiger partial charge in [0.25, 0.3) is 0 Å². The van der Waals surface area contributed by atoms with Crippen molar-refractivity contribution >= 4 is 35.8 Å². The number of carbonyl (C=O) groups is 1. The van der Waals surface area contributed by atoms with Crippen LogP contribution < -0.4 is 20.7 Å². The maximum Gasteiger partial charge on any atom is 0.422 e. The lowest BCUT2D eigenvalue weighted by atomic mass is 9.95. The van der Waals surface area contributed by atoms with Gasteiger partial charge >= 0.3 is 6.18 Å². The average Bonchev–Trinajstić information content (AvgIpc) is 2.70. The van der Waals surface area contributed by atoms with E-state index in [-0.39, 0.29) is 48.2 Å². The van der Waals surface area contributed by atoms with Crippen LogP contribution in [0, 0.1) is 6.92 Å². The number of carbonyl (C=O) groups excluding carboxylic acids is 1. The number of hydrogen-bond donors (Lipinski definition) is 3. The number of benzene rings is 1. The first-order valence-corrected chi connectivity index (χ1v) is 10.3. The molecule has 0 aromatic heterocycles. The molecule has 1 saturated carbocycles. The second-order valence-electron chi connectivity index (χ2n) is 7.52. The molecule has 176 valence electrons. The van der Waals surface area contributed by atoms with E-state index in [1.54, 1.807) is 26.1 Å². The number of halogens is 4. The quantitative estimate of drug-likeness (QED) is 0.257. The number of rotatable bonds is 8. The van der Waals surface area contributed by atoms with Gasteiger partial charge in [-0.3, -0.25) is 9.79 Å². The number of guanidine groups is 1. The van der Waals surface area contributed by atoms with Crippen molar-refractivity contribution in [3.63, 3.8) is 0 Å². The standard InChI is InChI=1S/C21H31F3N4O2.HI/c1-15-8-9-16(18(12-15)30-14-21(22,23)24)13-27-20(25-2)26-11-10-19(29)28-17-6-4-3-5-7-17;/h8-9,12,17H,3-7,10-11,13-14H2,1-2H3,(H,28,29)(H2,25,26,27);1H. The predicted octanol–water partition coefficient (Wildman–Crippen LogP) is 4.06. The highest BCUT2D eigenvalue weighted by molar-refractivity contribution is 14.0. The van der Waals surface area contributed by atoms with Crippen LogP contribution in [0.1, 0.15) is 49.7 Å². The molecular weight excluding hydrogens is 524 g/mol. The molecule has 0 aliphatic heterocycles. The van der Waals surface area contributed by atoms with Crippen LogP contribution in [-0.4, -0.2) is 44.3 Å². The first-order chi connectivity index (χ1) is 14.3. The molecule has 0 bridgehead atoms. The Kier molecular flexibility index (Phi) is 12.0. The number of aliphatic imine (C=N–C) groups is 1. The van der Waals surface area contributed by atoms with Gasteiger partial charge in [0.2, 0.25) is 5.91 Å². The second kappa shape index (κ2) is 13.6. The third-order valence-corrected chi connectivity index (χ3v) is 4.90. The Labute approximate surface area is 198 Å². The molecule has 0 heterocycles. The highest BCUT2D eigenvalue weighted by Gasteiger charge is 2.28. The Balaban J connectivity index is 0.00000480. The first-order valence-electron chi connectivity index (χ1n) is 10.3. The van der Waals surface area contributed by atoms with E-state index in [0.29, 0.717) is 24.5 Å². The molecule has 0 saturated heterocycles. The molecule has 0 spiro atoms. The smallest absolute Gasteiger partial charge is 0.422 e. The third-order valence-electron chi connectivity index (χ3n) is 4.90. The Bertz CT molecular complexity index is 723. The van der Waals surface area contributed by atoms with Gasteiger partial charge in [-0.2, -0.15) is 13.2 Å². The molecule has 0 radical (unpaired) electrons. The molecule has 2 rings (SSSR count). The van der Waals surface area contributed by atoms with Crippen molar-refractivity contribution in [1.29, 1.82) is 0 Å². The van der Waals surface area contributed by atoms with Crippen molar-refractivity contribution in [1.82, 2.24) is 16.0 Å². The number of alkyl halides is 3. The minimum Gasteiger partial charge on any atom is -0.484 e. The molecule has 1 aliphatic rings. The van der Waals surface area contributed by atoms with Crippen molar-refractivity contribution < 1.29 is 22.7 Å². The molecule has 1 aromatic rings. The summed E-state index contributed by atoms with van der Waals surface area (Å²) < 4.78 is 42.4. The lowest BCUT2D eigenvalue weighted by Gasteiger charge is -2.22. The van der Waals surface area contributed by atoms with Gasteiger partial charge in [0, 0.05) is 38.2 Å². The molecule has 1 amide bonds. The maximum atomic E-state index is 12.5. The molecule has 6 nitrogen and oxygen atoms in total. The number of ether oxygens (including phenoxy) is 1. The molecule has 1 aliphatic carbocycles. The Morgan fingerprint density at radius 2 is 1.90 bits per heavy atom. The van der Waals surface area contributed by atoms with Gasteiger partial charge in [-0.25, -0.2) is 0 Å². The number of nitrogens with one attached hydrogen (secondary N) is 3. The average molecular weight is 556 g/mol. The zero-order valence-electron chi connectivity index (χ0n) is 18.0. The zero-order valence-corrected chi connectivity index (χ0v) is 20.3. The Morgan fingerprint density at radius 3 is 2.55 bits per heavy atom. The minimum atomic E-state index is -4.40. The summed E-state index contributed by atoms with van der Waals surface area (Å²) in [6, 6.07) is 5.39. The summed E-state index contributed by atoms with van der Waals surface area (Å²) in [5.74, 6) is 0.649. The molecule has 31 heavy (non-hydrogen) atoms. The SMILES string of the molecule is CN=C(NCCC(=O)NC1CCCCC1)NCc1ccc(C)cc1OCC(F)(F)F.I. The van der Waals surface area contributed by atoms with Gasteiger partial charge in [0.05, 0.1) is 0 Å². The lowest BCUT2D eigenvalue weighted by molar-refractivity contribution is -0.153. The summed E-state index contributed by atoms with van der Waals surface area (Å²) in [6.07, 6.45) is 1.56. The van der Waals surface area contributed by atoms with Gasteiger partial charge < -0.3 is 20.7 Å². The van der Waals surface area contributed by atoms with E-state index in [0.717, 1.165) is 31.2 Å². The van der Waals surface area contributed by atoms with E-state index in [9.17, 15) is 18.0 Å². The van der Waals surface area contributed by atoms with Crippen molar-refractivity contribution in [2.24, 2.45) is 4.99 Å². The fourth-order valence-corrected chi connectivity index (χ4v) is 3.34. The highest BCUT2D eigenvalue weighted by Crippen LogP contribution is 2.23. The Hall–Kier alpha value is -1.72. The third kappa shape index (κ3) is 10.9. The summed E-state index contributed by atoms with van der Waals surface area (Å²) in [4.78, 5) is 16.2. The highest BCUT2D eigenvalue weighted by atomic mass is 127. The summed E-state index contributed by atoms with van der Waals surface area (Å²) in [5.41, 5.74) is 1.39. The van der Waals surface area contributed by atoms with Crippen LogP contribution in [0.15, 0.2) is 23.2 Å². The van der Waals surface area contributed by atoms with Crippen LogP contribution in [0.5, 0.6) is 5.75 Å². The van der Waals surface area contributed by atoms with Crippen LogP contribution >= 0.6 is 24.0 Å². The van der Waals surface area contributed by atoms with Crippen molar-refractivity contribution in [3.8, 4) is 5.75 Å². The summed E-state index contributed by atoms with van der Waals surface area (Å²) >= 11 is 0. The van der Waals surface area contributed by atoms with Gasteiger partial charge in [0.15, 0.2) is 12.6 Å². The first kappa shape index (κ1) is 27.3. The summed E-state index contributed by atoms with van der Waals surface area (Å²) in [7, 11) is 1.59. The van der Waals surface area contributed by atoms with Crippen molar-refractivity contribution in [3.05, 3.63) is 29.3 Å². The minimum absolute atomic E-state index is 0. The van der Waals surface area contributed by atoms with Crippen LogP contribution in [0.25, 0.3) is 0 Å². The molecular formula is C21H32F3IN4O2. The maximum absolute atomic E-state index is 12.5. The second-order valence-corrected chi connectivity index (χ2v) is 7.52. The fraction of sp³-hybridized carbons (Fsp3) is 0.619. The molecule has 0 atom stereocenters. The van der Waals surface area contributed by atoms with E-state index in [1.807, 2.05) is 6.07 Å². The van der Waals surface area contributed by atoms with Crippen molar-refractivity contribution in [2.45, 2.75) is 64.2 Å². The summed E-state index contributed by atoms with van der Waals surface area (Å²) in [5, 5.41) is 9.16. The van der Waals surface area contributed by atoms with Gasteiger partial charge in [-0.05, 0) is 31.4 Å². The topological polar surface area (TPSA) is 74.8 Å². The molecule has 1 aromatic carbocycles. The van der Waals surface area contributed by atoms with Crippen LogP contribution in [0.3, 0.4) is 0 Å². The lowest BCUT2D eigenvalue weighted by Crippen LogP contribution is -2.41. The Morgan fingerprint density at radius 1 is 1.19 bits per heavy atom. The van der Waals surface area contributed by atoms with Crippen LogP contribution in [-0.2, 0) is 11.3 Å². The van der Waals surface area contributed by atoms with Gasteiger partial charge in [-0.15, -0.1) is 24.0 Å². The largest absolute Gasteiger partial charge is 0.484 e. The fourth-order valence-electron chi connectivity index (χ4n) is 3.34. The van der Waals surface area contributed by atoms with Crippen molar-refractivity contribution in [2.75, 3.05) is 20.2 Å². The normalized spacial score (nSPS) is 15.1. The number of aryl methyl sites for hydroxylation is 1. The van der Waals surface area contributed by atoms with Crippen LogP contribution in [0.4, 0.5) is 13.2 Å². The number of nitrogens with zero attached hydrogens (tertiary/aromatic N) is 1. The molecule has 1 fully saturated rings. The summed E-state index contributed by atoms with van der Waals surface area (Å²) in [6.45, 7) is 1.09. The molecule has 0 unspecified atom stereocenters. The van der Waals surface area contributed by atoms with Crippen LogP contribution in [0.2, 0.25) is 0 Å². The number of amides is 1. The number of hydrogen-bond acceptors (Lipinski definition) is 3. The molecule has 10 heteroatoms.